The van der Waals surface area contributed by atoms with Crippen molar-refractivity contribution in [3.63, 3.8) is 0 Å². The molecule has 0 heterocycles. The number of carbonyl (C=O) groups is 2. The van der Waals surface area contributed by atoms with E-state index in [1.165, 1.54) is 0 Å². The van der Waals surface area contributed by atoms with Crippen molar-refractivity contribution in [1.82, 2.24) is 5.32 Å². The van der Waals surface area contributed by atoms with Crippen LogP contribution in [0.4, 0.5) is 0 Å². The van der Waals surface area contributed by atoms with Crippen LogP contribution in [0.1, 0.15) is 13.3 Å². The lowest BCUT2D eigenvalue weighted by atomic mass is 10.2. The van der Waals surface area contributed by atoms with Crippen molar-refractivity contribution in [1.29, 1.82) is 0 Å². The number of nitrogens with one attached hydrogen (secondary N) is 1. The molecule has 0 bridgehead atoms. The van der Waals surface area contributed by atoms with E-state index in [4.69, 9.17) is 16.6 Å². The molecule has 0 aromatic carbocycles. The zero-order chi connectivity index (χ0) is 10.4. The molecule has 6 heteroatoms. The highest BCUT2D eigenvalue weighted by atomic mass is 16.3. The van der Waals surface area contributed by atoms with Crippen LogP contribution < -0.4 is 16.8 Å². The number of carbonyl (C=O) groups excluding carboxylic acids is 2. The first-order chi connectivity index (χ1) is 5.93. The Labute approximate surface area is 76.3 Å². The van der Waals surface area contributed by atoms with Crippen LogP contribution in [0.25, 0.3) is 0 Å². The molecule has 0 saturated carbocycles. The van der Waals surface area contributed by atoms with Crippen molar-refractivity contribution in [3.8, 4) is 0 Å². The summed E-state index contributed by atoms with van der Waals surface area (Å²) in [5.41, 5.74) is 10.1. The molecular formula is C7H15N3O3. The van der Waals surface area contributed by atoms with Crippen molar-refractivity contribution in [2.75, 3.05) is 6.54 Å². The van der Waals surface area contributed by atoms with E-state index in [0.717, 1.165) is 0 Å². The van der Waals surface area contributed by atoms with Gasteiger partial charge < -0.3 is 21.9 Å². The van der Waals surface area contributed by atoms with Crippen molar-refractivity contribution in [3.05, 3.63) is 0 Å². The second-order valence-electron chi connectivity index (χ2n) is 2.90. The Balaban J connectivity index is 3.64. The first-order valence-electron chi connectivity index (χ1n) is 3.93. The summed E-state index contributed by atoms with van der Waals surface area (Å²) in [6, 6.07) is -0.245. The minimum absolute atomic E-state index is 0.158. The van der Waals surface area contributed by atoms with Crippen LogP contribution in [-0.2, 0) is 9.59 Å². The fraction of sp³-hybridized carbons (Fsp3) is 0.714. The van der Waals surface area contributed by atoms with Gasteiger partial charge >= 0.3 is 0 Å². The number of amides is 2. The molecule has 2 unspecified atom stereocenters. The van der Waals surface area contributed by atoms with Gasteiger partial charge in [0.05, 0.1) is 6.54 Å². The van der Waals surface area contributed by atoms with Crippen molar-refractivity contribution < 1.29 is 14.7 Å². The van der Waals surface area contributed by atoms with Crippen molar-refractivity contribution in [2.24, 2.45) is 11.5 Å². The molecule has 6 nitrogen and oxygen atoms in total. The third kappa shape index (κ3) is 6.06. The molecule has 13 heavy (non-hydrogen) atoms. The van der Waals surface area contributed by atoms with Gasteiger partial charge in [0, 0.05) is 12.5 Å². The fourth-order valence-corrected chi connectivity index (χ4v) is 0.676. The molecule has 0 aliphatic rings. The van der Waals surface area contributed by atoms with Gasteiger partial charge in [-0.2, -0.15) is 0 Å². The molecule has 6 N–H and O–H groups in total. The lowest BCUT2D eigenvalue weighted by Crippen LogP contribution is -2.41. The first-order valence-corrected chi connectivity index (χ1v) is 3.93. The number of hydrogen-bond acceptors (Lipinski definition) is 4. The van der Waals surface area contributed by atoms with Gasteiger partial charge in [-0.3, -0.25) is 9.59 Å². The topological polar surface area (TPSA) is 118 Å². The number of nitrogens with two attached hydrogens (primary N) is 2. The highest BCUT2D eigenvalue weighted by Crippen LogP contribution is 1.86. The number of rotatable bonds is 5. The summed E-state index contributed by atoms with van der Waals surface area (Å²) >= 11 is 0. The number of primary amides is 1. The average Bonchev–Trinajstić information content (AvgIpc) is 1.98. The maximum absolute atomic E-state index is 10.9. The zero-order valence-corrected chi connectivity index (χ0v) is 7.49. The lowest BCUT2D eigenvalue weighted by Gasteiger charge is -2.09. The highest BCUT2D eigenvalue weighted by molar-refractivity contribution is 5.81. The highest BCUT2D eigenvalue weighted by Gasteiger charge is 2.12. The van der Waals surface area contributed by atoms with E-state index in [1.807, 2.05) is 0 Å². The predicted octanol–water partition coefficient (Wildman–Crippen LogP) is -2.31. The second kappa shape index (κ2) is 5.50. The molecule has 0 aliphatic carbocycles. The van der Waals surface area contributed by atoms with Crippen molar-refractivity contribution in [2.45, 2.75) is 25.5 Å². The minimum atomic E-state index is -1.34. The van der Waals surface area contributed by atoms with Gasteiger partial charge in [-0.25, -0.2) is 0 Å². The van der Waals surface area contributed by atoms with Crippen LogP contribution in [0.2, 0.25) is 0 Å². The summed E-state index contributed by atoms with van der Waals surface area (Å²) < 4.78 is 0. The maximum Gasteiger partial charge on any atom is 0.248 e. The van der Waals surface area contributed by atoms with Crippen LogP contribution in [0, 0.1) is 0 Å². The van der Waals surface area contributed by atoms with Crippen LogP contribution in [-0.4, -0.2) is 35.6 Å². The molecule has 0 saturated heterocycles. The SMILES string of the molecule is CC(N)CC(=O)NCC(O)C(N)=O. The molecule has 0 aromatic rings. The fourth-order valence-electron chi connectivity index (χ4n) is 0.676. The van der Waals surface area contributed by atoms with Gasteiger partial charge in [0.1, 0.15) is 6.10 Å². The normalized spacial score (nSPS) is 14.7. The van der Waals surface area contributed by atoms with Crippen LogP contribution >= 0.6 is 0 Å². The van der Waals surface area contributed by atoms with E-state index in [0.29, 0.717) is 0 Å². The number of aliphatic hydroxyl groups excluding tert-OH is 1. The molecule has 0 rings (SSSR count). The maximum atomic E-state index is 10.9. The third-order valence-electron chi connectivity index (χ3n) is 1.33. The van der Waals surface area contributed by atoms with Crippen LogP contribution in [0.3, 0.4) is 0 Å². The summed E-state index contributed by atoms with van der Waals surface area (Å²) in [5.74, 6) is -1.17. The van der Waals surface area contributed by atoms with E-state index in [9.17, 15) is 9.59 Å². The van der Waals surface area contributed by atoms with Gasteiger partial charge in [0.25, 0.3) is 0 Å². The molecule has 0 radical (unpaired) electrons. The second-order valence-corrected chi connectivity index (χ2v) is 2.90. The Kier molecular flexibility index (Phi) is 5.01. The van der Waals surface area contributed by atoms with Crippen LogP contribution in [0.5, 0.6) is 0 Å². The Hall–Kier alpha value is -1.14. The third-order valence-corrected chi connectivity index (χ3v) is 1.33. The van der Waals surface area contributed by atoms with Crippen LogP contribution in [0.15, 0.2) is 0 Å². The zero-order valence-electron chi connectivity index (χ0n) is 7.49. The Morgan fingerprint density at radius 2 is 2.08 bits per heavy atom. The molecule has 0 fully saturated rings. The molecule has 2 atom stereocenters. The van der Waals surface area contributed by atoms with E-state index >= 15 is 0 Å². The predicted molar refractivity (Wildman–Crippen MR) is 46.5 cm³/mol. The number of aliphatic hydroxyl groups is 1. The Morgan fingerprint density at radius 3 is 2.46 bits per heavy atom. The monoisotopic (exact) mass is 189 g/mol. The van der Waals surface area contributed by atoms with Gasteiger partial charge in [-0.1, -0.05) is 0 Å². The Morgan fingerprint density at radius 1 is 1.54 bits per heavy atom. The summed E-state index contributed by atoms with van der Waals surface area (Å²) in [6.07, 6.45) is -1.18. The number of hydrogen-bond donors (Lipinski definition) is 4. The summed E-state index contributed by atoms with van der Waals surface area (Å²) in [4.78, 5) is 21.3. The Bertz CT molecular complexity index is 193. The molecular weight excluding hydrogens is 174 g/mol. The minimum Gasteiger partial charge on any atom is -0.381 e. The summed E-state index contributed by atoms with van der Waals surface area (Å²) in [5, 5.41) is 11.2. The largest absolute Gasteiger partial charge is 0.381 e. The van der Waals surface area contributed by atoms with Gasteiger partial charge in [-0.05, 0) is 6.92 Å². The first kappa shape index (κ1) is 11.9. The van der Waals surface area contributed by atoms with E-state index in [-0.39, 0.29) is 24.9 Å². The van der Waals surface area contributed by atoms with E-state index < -0.39 is 12.0 Å². The van der Waals surface area contributed by atoms with Crippen molar-refractivity contribution >= 4 is 11.8 Å². The molecule has 2 amide bonds. The lowest BCUT2D eigenvalue weighted by molar-refractivity contribution is -0.127. The standard InChI is InChI=1S/C7H15N3O3/c1-4(8)2-6(12)10-3-5(11)7(9)13/h4-5,11H,2-3,8H2,1H3,(H2,9,13)(H,10,12). The van der Waals surface area contributed by atoms with E-state index in [1.54, 1.807) is 6.92 Å². The average molecular weight is 189 g/mol. The van der Waals surface area contributed by atoms with Gasteiger partial charge in [-0.15, -0.1) is 0 Å². The molecule has 76 valence electrons. The molecule has 0 spiro atoms. The summed E-state index contributed by atoms with van der Waals surface area (Å²) in [6.45, 7) is 1.52. The van der Waals surface area contributed by atoms with Gasteiger partial charge in [0.2, 0.25) is 11.8 Å². The smallest absolute Gasteiger partial charge is 0.248 e. The summed E-state index contributed by atoms with van der Waals surface area (Å²) in [7, 11) is 0. The molecule has 0 aliphatic heterocycles. The quantitative estimate of drug-likeness (QED) is 0.388. The molecule has 0 aromatic heterocycles. The van der Waals surface area contributed by atoms with Gasteiger partial charge in [0.15, 0.2) is 0 Å². The van der Waals surface area contributed by atoms with E-state index in [2.05, 4.69) is 5.32 Å².